The number of nitrogens with two attached hydrogens (primary N) is 1. The highest BCUT2D eigenvalue weighted by atomic mass is 79.9. The van der Waals surface area contributed by atoms with E-state index in [1.165, 1.54) is 0 Å². The van der Waals surface area contributed by atoms with E-state index in [4.69, 9.17) is 10.5 Å². The van der Waals surface area contributed by atoms with Crippen molar-refractivity contribution in [2.45, 2.75) is 32.4 Å². The molecule has 1 heterocycles. The molecule has 6 heteroatoms. The zero-order valence-electron chi connectivity index (χ0n) is 11.7. The van der Waals surface area contributed by atoms with Crippen molar-refractivity contribution in [3.63, 3.8) is 0 Å². The van der Waals surface area contributed by atoms with E-state index in [-0.39, 0.29) is 6.04 Å². The van der Waals surface area contributed by atoms with Crippen molar-refractivity contribution in [1.82, 2.24) is 14.8 Å². The largest absolute Gasteiger partial charge is 0.497 e. The quantitative estimate of drug-likeness (QED) is 0.879. The average Bonchev–Trinajstić information content (AvgIpc) is 2.87. The van der Waals surface area contributed by atoms with Gasteiger partial charge < -0.3 is 10.5 Å². The lowest BCUT2D eigenvalue weighted by molar-refractivity contribution is 0.413. The first kappa shape index (κ1) is 15.0. The fourth-order valence-electron chi connectivity index (χ4n) is 2.08. The van der Waals surface area contributed by atoms with Crippen LogP contribution in [0.1, 0.15) is 30.8 Å². The zero-order valence-corrected chi connectivity index (χ0v) is 13.3. The van der Waals surface area contributed by atoms with Crippen molar-refractivity contribution in [2.75, 3.05) is 7.11 Å². The van der Waals surface area contributed by atoms with Crippen LogP contribution in [0.25, 0.3) is 0 Å². The Morgan fingerprint density at radius 3 is 2.95 bits per heavy atom. The number of rotatable bonds is 6. The van der Waals surface area contributed by atoms with Crippen LogP contribution in [0, 0.1) is 0 Å². The Balaban J connectivity index is 2.19. The number of hydrogen-bond donors (Lipinski definition) is 1. The Hall–Kier alpha value is -1.40. The van der Waals surface area contributed by atoms with Crippen LogP contribution in [-0.4, -0.2) is 21.9 Å². The van der Waals surface area contributed by atoms with Gasteiger partial charge in [0.15, 0.2) is 0 Å². The van der Waals surface area contributed by atoms with E-state index in [9.17, 15) is 0 Å². The number of aryl methyl sites for hydroxylation is 1. The number of halogens is 1. The molecular formula is C14H19BrN4O. The molecule has 0 spiro atoms. The van der Waals surface area contributed by atoms with Crippen LogP contribution in [0.4, 0.5) is 0 Å². The molecule has 2 aromatic rings. The average molecular weight is 339 g/mol. The third-order valence-electron chi connectivity index (χ3n) is 3.14. The molecule has 0 fully saturated rings. The van der Waals surface area contributed by atoms with Gasteiger partial charge in [0.25, 0.3) is 0 Å². The van der Waals surface area contributed by atoms with Crippen LogP contribution in [0.3, 0.4) is 0 Å². The van der Waals surface area contributed by atoms with Crippen LogP contribution in [0.15, 0.2) is 29.0 Å². The smallest absolute Gasteiger partial charge is 0.138 e. The molecule has 1 atom stereocenters. The van der Waals surface area contributed by atoms with Crippen molar-refractivity contribution >= 4 is 15.9 Å². The minimum absolute atomic E-state index is 0.153. The van der Waals surface area contributed by atoms with Gasteiger partial charge in [-0.05, 0) is 30.2 Å². The Bertz CT molecular complexity index is 570. The monoisotopic (exact) mass is 338 g/mol. The summed E-state index contributed by atoms with van der Waals surface area (Å²) < 4.78 is 8.14. The van der Waals surface area contributed by atoms with Gasteiger partial charge in [-0.25, -0.2) is 4.98 Å². The third kappa shape index (κ3) is 3.37. The highest BCUT2D eigenvalue weighted by molar-refractivity contribution is 9.10. The van der Waals surface area contributed by atoms with Gasteiger partial charge in [0.2, 0.25) is 0 Å². The number of hydrogen-bond acceptors (Lipinski definition) is 4. The fourth-order valence-corrected chi connectivity index (χ4v) is 2.63. The lowest BCUT2D eigenvalue weighted by atomic mass is 10.0. The molecule has 0 aliphatic rings. The van der Waals surface area contributed by atoms with Crippen LogP contribution in [0.5, 0.6) is 5.75 Å². The van der Waals surface area contributed by atoms with Crippen molar-refractivity contribution in [1.29, 1.82) is 0 Å². The van der Waals surface area contributed by atoms with Crippen molar-refractivity contribution in [3.05, 3.63) is 40.4 Å². The SMILES string of the molecule is CCCn1ncnc1CC(N)c1cc(OC)ccc1Br. The predicted molar refractivity (Wildman–Crippen MR) is 81.6 cm³/mol. The second-order valence-electron chi connectivity index (χ2n) is 4.60. The molecule has 20 heavy (non-hydrogen) atoms. The zero-order chi connectivity index (χ0) is 14.5. The topological polar surface area (TPSA) is 66.0 Å². The van der Waals surface area contributed by atoms with Gasteiger partial charge in [0.1, 0.15) is 17.9 Å². The Kier molecular flexibility index (Phi) is 5.14. The summed E-state index contributed by atoms with van der Waals surface area (Å²) >= 11 is 3.54. The maximum atomic E-state index is 6.31. The molecule has 0 saturated heterocycles. The third-order valence-corrected chi connectivity index (χ3v) is 3.86. The summed E-state index contributed by atoms with van der Waals surface area (Å²) in [6, 6.07) is 5.65. The van der Waals surface area contributed by atoms with Gasteiger partial charge in [0.05, 0.1) is 7.11 Å². The highest BCUT2D eigenvalue weighted by Crippen LogP contribution is 2.28. The summed E-state index contributed by atoms with van der Waals surface area (Å²) in [5.41, 5.74) is 7.32. The predicted octanol–water partition coefficient (Wildman–Crippen LogP) is 2.70. The number of benzene rings is 1. The summed E-state index contributed by atoms with van der Waals surface area (Å²) in [7, 11) is 1.65. The van der Waals surface area contributed by atoms with Crippen molar-refractivity contribution in [3.8, 4) is 5.75 Å². The van der Waals surface area contributed by atoms with Gasteiger partial charge in [-0.15, -0.1) is 0 Å². The van der Waals surface area contributed by atoms with Crippen LogP contribution in [-0.2, 0) is 13.0 Å². The van der Waals surface area contributed by atoms with Gasteiger partial charge in [0, 0.05) is 23.5 Å². The molecule has 1 aromatic heterocycles. The van der Waals surface area contributed by atoms with E-state index in [1.807, 2.05) is 22.9 Å². The minimum Gasteiger partial charge on any atom is -0.497 e. The number of ether oxygens (including phenoxy) is 1. The van der Waals surface area contributed by atoms with E-state index in [2.05, 4.69) is 32.9 Å². The maximum Gasteiger partial charge on any atom is 0.138 e. The van der Waals surface area contributed by atoms with Crippen LogP contribution in [0.2, 0.25) is 0 Å². The first-order valence-corrected chi connectivity index (χ1v) is 7.40. The second-order valence-corrected chi connectivity index (χ2v) is 5.45. The first-order chi connectivity index (χ1) is 9.65. The molecule has 108 valence electrons. The Morgan fingerprint density at radius 1 is 1.45 bits per heavy atom. The summed E-state index contributed by atoms with van der Waals surface area (Å²) in [5, 5.41) is 4.22. The highest BCUT2D eigenvalue weighted by Gasteiger charge is 2.15. The molecule has 0 aliphatic carbocycles. The fraction of sp³-hybridized carbons (Fsp3) is 0.429. The summed E-state index contributed by atoms with van der Waals surface area (Å²) in [4.78, 5) is 4.30. The molecule has 0 bridgehead atoms. The molecule has 1 aromatic carbocycles. The van der Waals surface area contributed by atoms with E-state index < -0.39 is 0 Å². The first-order valence-electron chi connectivity index (χ1n) is 6.61. The molecule has 2 rings (SSSR count). The van der Waals surface area contributed by atoms with Crippen molar-refractivity contribution in [2.24, 2.45) is 5.73 Å². The molecule has 0 aliphatic heterocycles. The molecule has 1 unspecified atom stereocenters. The molecular weight excluding hydrogens is 320 g/mol. The standard InChI is InChI=1S/C14H19BrN4O/c1-3-6-19-14(17-9-18-19)8-13(16)11-7-10(20-2)4-5-12(11)15/h4-5,7,9,13H,3,6,8,16H2,1-2H3. The van der Waals surface area contributed by atoms with E-state index >= 15 is 0 Å². The molecule has 0 radical (unpaired) electrons. The van der Waals surface area contributed by atoms with Gasteiger partial charge in [-0.3, -0.25) is 4.68 Å². The van der Waals surface area contributed by atoms with Crippen molar-refractivity contribution < 1.29 is 4.74 Å². The number of methoxy groups -OCH3 is 1. The lowest BCUT2D eigenvalue weighted by Gasteiger charge is -2.15. The number of nitrogens with zero attached hydrogens (tertiary/aromatic N) is 3. The van der Waals surface area contributed by atoms with Gasteiger partial charge in [-0.2, -0.15) is 5.10 Å². The summed E-state index contributed by atoms with van der Waals surface area (Å²) in [6.45, 7) is 2.98. The Morgan fingerprint density at radius 2 is 2.25 bits per heavy atom. The summed E-state index contributed by atoms with van der Waals surface area (Å²) in [5.74, 6) is 1.71. The maximum absolute atomic E-state index is 6.31. The van der Waals surface area contributed by atoms with Crippen LogP contribution < -0.4 is 10.5 Å². The normalized spacial score (nSPS) is 12.4. The second kappa shape index (κ2) is 6.85. The van der Waals surface area contributed by atoms with E-state index in [0.717, 1.165) is 34.6 Å². The van der Waals surface area contributed by atoms with E-state index in [0.29, 0.717) is 6.42 Å². The molecule has 2 N–H and O–H groups in total. The lowest BCUT2D eigenvalue weighted by Crippen LogP contribution is -2.17. The molecule has 5 nitrogen and oxygen atoms in total. The minimum atomic E-state index is -0.153. The van der Waals surface area contributed by atoms with Crippen LogP contribution >= 0.6 is 15.9 Å². The van der Waals surface area contributed by atoms with Gasteiger partial charge >= 0.3 is 0 Å². The molecule has 0 amide bonds. The molecule has 0 saturated carbocycles. The Labute approximate surface area is 127 Å². The van der Waals surface area contributed by atoms with E-state index in [1.54, 1.807) is 13.4 Å². The summed E-state index contributed by atoms with van der Waals surface area (Å²) in [6.07, 6.45) is 3.25. The van der Waals surface area contributed by atoms with Gasteiger partial charge in [-0.1, -0.05) is 22.9 Å². The number of aromatic nitrogens is 3.